The molecule has 0 saturated carbocycles. The van der Waals surface area contributed by atoms with E-state index in [-0.39, 0.29) is 11.6 Å². The Morgan fingerprint density at radius 2 is 2.35 bits per heavy atom. The smallest absolute Gasteiger partial charge is 0.276 e. The number of likely N-dealkylation sites (tertiary alicyclic amines) is 1. The zero-order chi connectivity index (χ0) is 12.6. The molecule has 1 aromatic heterocycles. The van der Waals surface area contributed by atoms with Crippen molar-refractivity contribution in [2.75, 3.05) is 18.8 Å². The van der Waals surface area contributed by atoms with Gasteiger partial charge in [0.25, 0.3) is 5.91 Å². The number of aryl methyl sites for hydroxylation is 1. The highest BCUT2D eigenvalue weighted by Crippen LogP contribution is 2.22. The van der Waals surface area contributed by atoms with Crippen LogP contribution in [0.3, 0.4) is 0 Å². The number of aromatic nitrogens is 2. The molecule has 1 aromatic rings. The number of nitrogens with zero attached hydrogens (tertiary/aromatic N) is 3. The summed E-state index contributed by atoms with van der Waals surface area (Å²) >= 11 is 0. The predicted molar refractivity (Wildman–Crippen MR) is 63.4 cm³/mol. The molecule has 1 atom stereocenters. The second-order valence-corrected chi connectivity index (χ2v) is 4.93. The molecule has 17 heavy (non-hydrogen) atoms. The summed E-state index contributed by atoms with van der Waals surface area (Å²) in [6.07, 6.45) is 3.12. The minimum Gasteiger partial charge on any atom is -0.396 e. The van der Waals surface area contributed by atoms with Gasteiger partial charge in [0.2, 0.25) is 0 Å². The van der Waals surface area contributed by atoms with Crippen molar-refractivity contribution in [3.05, 3.63) is 11.9 Å². The highest BCUT2D eigenvalue weighted by molar-refractivity contribution is 5.97. The van der Waals surface area contributed by atoms with Crippen molar-refractivity contribution >= 4 is 11.6 Å². The summed E-state index contributed by atoms with van der Waals surface area (Å²) in [6, 6.07) is 0. The lowest BCUT2D eigenvalue weighted by Gasteiger charge is -2.36. The molecule has 0 aliphatic carbocycles. The van der Waals surface area contributed by atoms with Crippen molar-refractivity contribution in [1.29, 1.82) is 0 Å². The van der Waals surface area contributed by atoms with Crippen LogP contribution in [0.5, 0.6) is 0 Å². The number of nitrogen functional groups attached to an aromatic ring is 1. The molecule has 3 N–H and O–H groups in total. The molecule has 1 aliphatic heterocycles. The van der Waals surface area contributed by atoms with E-state index in [1.165, 1.54) is 4.68 Å². The van der Waals surface area contributed by atoms with Crippen LogP contribution in [0.2, 0.25) is 0 Å². The van der Waals surface area contributed by atoms with Crippen molar-refractivity contribution in [3.8, 4) is 0 Å². The van der Waals surface area contributed by atoms with Crippen LogP contribution in [-0.2, 0) is 7.05 Å². The van der Waals surface area contributed by atoms with Crippen LogP contribution in [0.1, 0.15) is 30.3 Å². The standard InChI is InChI=1S/C11H18N4O2/c1-11(17)4-3-5-15(7-11)10(16)9-8(12)6-14(2)13-9/h6,17H,3-5,7,12H2,1-2H3. The largest absolute Gasteiger partial charge is 0.396 e. The number of carbonyl (C=O) groups is 1. The summed E-state index contributed by atoms with van der Waals surface area (Å²) in [6.45, 7) is 2.72. The number of anilines is 1. The van der Waals surface area contributed by atoms with Crippen molar-refractivity contribution in [3.63, 3.8) is 0 Å². The maximum absolute atomic E-state index is 12.2. The van der Waals surface area contributed by atoms with Gasteiger partial charge < -0.3 is 15.7 Å². The van der Waals surface area contributed by atoms with Gasteiger partial charge >= 0.3 is 0 Å². The minimum atomic E-state index is -0.808. The van der Waals surface area contributed by atoms with Gasteiger partial charge in [0.05, 0.1) is 11.3 Å². The lowest BCUT2D eigenvalue weighted by Crippen LogP contribution is -2.48. The molecule has 1 amide bonds. The Hall–Kier alpha value is -1.56. The molecule has 6 nitrogen and oxygen atoms in total. The molecule has 0 radical (unpaired) electrons. The van der Waals surface area contributed by atoms with E-state index in [0.717, 1.165) is 6.42 Å². The summed E-state index contributed by atoms with van der Waals surface area (Å²) in [4.78, 5) is 13.8. The van der Waals surface area contributed by atoms with E-state index in [1.54, 1.807) is 25.1 Å². The van der Waals surface area contributed by atoms with Gasteiger partial charge in [-0.3, -0.25) is 9.48 Å². The summed E-state index contributed by atoms with van der Waals surface area (Å²) in [5.41, 5.74) is 5.56. The van der Waals surface area contributed by atoms with Crippen molar-refractivity contribution in [2.24, 2.45) is 7.05 Å². The van der Waals surface area contributed by atoms with Gasteiger partial charge in [-0.1, -0.05) is 0 Å². The van der Waals surface area contributed by atoms with Crippen LogP contribution in [-0.4, -0.2) is 44.4 Å². The van der Waals surface area contributed by atoms with Gasteiger partial charge in [-0.05, 0) is 19.8 Å². The Bertz CT molecular complexity index is 439. The van der Waals surface area contributed by atoms with Gasteiger partial charge in [0.15, 0.2) is 5.69 Å². The number of rotatable bonds is 1. The highest BCUT2D eigenvalue weighted by Gasteiger charge is 2.32. The van der Waals surface area contributed by atoms with Crippen LogP contribution in [0, 0.1) is 0 Å². The van der Waals surface area contributed by atoms with Crippen molar-refractivity contribution < 1.29 is 9.90 Å². The summed E-state index contributed by atoms with van der Waals surface area (Å²) in [5, 5.41) is 14.0. The monoisotopic (exact) mass is 238 g/mol. The Morgan fingerprint density at radius 1 is 1.65 bits per heavy atom. The molecule has 1 aliphatic rings. The quantitative estimate of drug-likeness (QED) is 0.720. The third-order valence-corrected chi connectivity index (χ3v) is 3.02. The first-order valence-corrected chi connectivity index (χ1v) is 5.70. The fraction of sp³-hybridized carbons (Fsp3) is 0.636. The summed E-state index contributed by atoms with van der Waals surface area (Å²) in [7, 11) is 1.72. The molecule has 1 unspecified atom stereocenters. The lowest BCUT2D eigenvalue weighted by molar-refractivity contribution is -0.0109. The van der Waals surface area contributed by atoms with Gasteiger partial charge in [0.1, 0.15) is 0 Å². The fourth-order valence-electron chi connectivity index (χ4n) is 2.22. The Labute approximate surface area is 100 Å². The summed E-state index contributed by atoms with van der Waals surface area (Å²) < 4.78 is 1.52. The van der Waals surface area contributed by atoms with E-state index >= 15 is 0 Å². The molecule has 2 rings (SSSR count). The van der Waals surface area contributed by atoms with Gasteiger partial charge in [-0.15, -0.1) is 0 Å². The van der Waals surface area contributed by atoms with E-state index in [1.807, 2.05) is 0 Å². The van der Waals surface area contributed by atoms with E-state index in [0.29, 0.717) is 25.2 Å². The number of hydrogen-bond donors (Lipinski definition) is 2. The molecule has 1 saturated heterocycles. The van der Waals surface area contributed by atoms with Crippen molar-refractivity contribution in [1.82, 2.24) is 14.7 Å². The molecule has 94 valence electrons. The van der Waals surface area contributed by atoms with Gasteiger partial charge in [-0.2, -0.15) is 5.10 Å². The third kappa shape index (κ3) is 2.41. The second-order valence-electron chi connectivity index (χ2n) is 4.93. The van der Waals surface area contributed by atoms with Gasteiger partial charge in [-0.25, -0.2) is 0 Å². The van der Waals surface area contributed by atoms with E-state index < -0.39 is 5.60 Å². The molecular formula is C11H18N4O2. The minimum absolute atomic E-state index is 0.205. The Kier molecular flexibility index (Phi) is 2.82. The normalized spacial score (nSPS) is 25.0. The second kappa shape index (κ2) is 4.03. The predicted octanol–water partition coefficient (Wildman–Crippen LogP) is -0.0107. The zero-order valence-corrected chi connectivity index (χ0v) is 10.2. The number of carbonyl (C=O) groups excluding carboxylic acids is 1. The van der Waals surface area contributed by atoms with Gasteiger partial charge in [0, 0.05) is 26.3 Å². The third-order valence-electron chi connectivity index (χ3n) is 3.02. The fourth-order valence-corrected chi connectivity index (χ4v) is 2.22. The number of amides is 1. The van der Waals surface area contributed by atoms with Crippen LogP contribution < -0.4 is 5.73 Å². The topological polar surface area (TPSA) is 84.4 Å². The van der Waals surface area contributed by atoms with Crippen LogP contribution in [0.4, 0.5) is 5.69 Å². The summed E-state index contributed by atoms with van der Waals surface area (Å²) in [5.74, 6) is -0.205. The van der Waals surface area contributed by atoms with Crippen LogP contribution >= 0.6 is 0 Å². The SMILES string of the molecule is Cn1cc(N)c(C(=O)N2CCCC(C)(O)C2)n1. The van der Waals surface area contributed by atoms with E-state index in [4.69, 9.17) is 5.73 Å². The first-order chi connectivity index (χ1) is 7.89. The average molecular weight is 238 g/mol. The van der Waals surface area contributed by atoms with Crippen LogP contribution in [0.15, 0.2) is 6.20 Å². The molecule has 0 bridgehead atoms. The Balaban J connectivity index is 2.18. The first kappa shape index (κ1) is 11.9. The Morgan fingerprint density at radius 3 is 2.88 bits per heavy atom. The maximum Gasteiger partial charge on any atom is 0.276 e. The van der Waals surface area contributed by atoms with E-state index in [9.17, 15) is 9.90 Å². The maximum atomic E-state index is 12.2. The van der Waals surface area contributed by atoms with Crippen molar-refractivity contribution in [2.45, 2.75) is 25.4 Å². The lowest BCUT2D eigenvalue weighted by atomic mass is 9.95. The number of β-amino-alcohol motifs (C(OH)–C–C–N with tert-alkyl or cyclic N) is 1. The number of aliphatic hydroxyl groups is 1. The first-order valence-electron chi connectivity index (χ1n) is 5.70. The highest BCUT2D eigenvalue weighted by atomic mass is 16.3. The molecule has 0 spiro atoms. The number of piperidine rings is 1. The average Bonchev–Trinajstić information content (AvgIpc) is 2.55. The molecule has 0 aromatic carbocycles. The molecule has 1 fully saturated rings. The zero-order valence-electron chi connectivity index (χ0n) is 10.2. The number of hydrogen-bond acceptors (Lipinski definition) is 4. The molecular weight excluding hydrogens is 220 g/mol. The molecule has 6 heteroatoms. The van der Waals surface area contributed by atoms with E-state index in [2.05, 4.69) is 5.10 Å². The van der Waals surface area contributed by atoms with Crippen LogP contribution in [0.25, 0.3) is 0 Å². The molecule has 2 heterocycles. The number of nitrogens with two attached hydrogens (primary N) is 1.